The normalized spacial score (nSPS) is 10.6. The number of rotatable bonds is 6. The van der Waals surface area contributed by atoms with Gasteiger partial charge in [0.2, 0.25) is 5.43 Å². The first-order chi connectivity index (χ1) is 11.0. The van der Waals surface area contributed by atoms with Crippen LogP contribution in [0.15, 0.2) is 35.1 Å². The largest absolute Gasteiger partial charge is 0.351 e. The Morgan fingerprint density at radius 2 is 2.04 bits per heavy atom. The second-order valence-corrected chi connectivity index (χ2v) is 5.73. The van der Waals surface area contributed by atoms with Crippen LogP contribution < -0.4 is 10.7 Å². The van der Waals surface area contributed by atoms with Crippen molar-refractivity contribution in [2.45, 2.75) is 33.1 Å². The smallest absolute Gasteiger partial charge is 0.275 e. The van der Waals surface area contributed by atoms with Gasteiger partial charge in [0.25, 0.3) is 5.91 Å². The SMILES string of the molecule is CCCCCNC(=O)c1nn(-c2ccccc2Cl)c(C)cc1=O. The summed E-state index contributed by atoms with van der Waals surface area (Å²) in [4.78, 5) is 24.3. The van der Waals surface area contributed by atoms with Crippen molar-refractivity contribution in [3.63, 3.8) is 0 Å². The number of hydrogen-bond acceptors (Lipinski definition) is 3. The van der Waals surface area contributed by atoms with Crippen molar-refractivity contribution in [3.05, 3.63) is 57.0 Å². The number of para-hydroxylation sites is 1. The third-order valence-corrected chi connectivity index (χ3v) is 3.79. The summed E-state index contributed by atoms with van der Waals surface area (Å²) in [6.07, 6.45) is 2.98. The van der Waals surface area contributed by atoms with Gasteiger partial charge in [-0.3, -0.25) is 9.59 Å². The summed E-state index contributed by atoms with van der Waals surface area (Å²) >= 11 is 6.18. The summed E-state index contributed by atoms with van der Waals surface area (Å²) in [5.74, 6) is -0.452. The summed E-state index contributed by atoms with van der Waals surface area (Å²) in [7, 11) is 0. The highest BCUT2D eigenvalue weighted by Gasteiger charge is 2.15. The van der Waals surface area contributed by atoms with E-state index in [0.29, 0.717) is 22.9 Å². The molecule has 0 radical (unpaired) electrons. The number of halogens is 1. The highest BCUT2D eigenvalue weighted by molar-refractivity contribution is 6.32. The Bertz CT molecular complexity index is 756. The molecule has 0 aliphatic carbocycles. The lowest BCUT2D eigenvalue weighted by atomic mass is 10.2. The molecule has 0 spiro atoms. The van der Waals surface area contributed by atoms with Gasteiger partial charge in [-0.2, -0.15) is 5.10 Å². The van der Waals surface area contributed by atoms with E-state index in [9.17, 15) is 9.59 Å². The van der Waals surface area contributed by atoms with Gasteiger partial charge in [0, 0.05) is 18.3 Å². The van der Waals surface area contributed by atoms with E-state index in [-0.39, 0.29) is 5.69 Å². The molecule has 0 saturated heterocycles. The Kier molecular flexibility index (Phi) is 5.93. The summed E-state index contributed by atoms with van der Waals surface area (Å²) in [6, 6.07) is 8.56. The monoisotopic (exact) mass is 333 g/mol. The molecule has 0 aliphatic rings. The van der Waals surface area contributed by atoms with E-state index in [2.05, 4.69) is 17.3 Å². The zero-order valence-electron chi connectivity index (χ0n) is 13.3. The van der Waals surface area contributed by atoms with E-state index in [1.54, 1.807) is 19.1 Å². The topological polar surface area (TPSA) is 64.0 Å². The number of aryl methyl sites for hydroxylation is 1. The maximum absolute atomic E-state index is 12.2. The van der Waals surface area contributed by atoms with E-state index >= 15 is 0 Å². The molecule has 1 aromatic heterocycles. The molecule has 122 valence electrons. The lowest BCUT2D eigenvalue weighted by Crippen LogP contribution is -2.32. The van der Waals surface area contributed by atoms with Crippen LogP contribution in [0.4, 0.5) is 0 Å². The van der Waals surface area contributed by atoms with Crippen molar-refractivity contribution in [1.82, 2.24) is 15.1 Å². The molecule has 1 aromatic carbocycles. The fraction of sp³-hybridized carbons (Fsp3) is 0.353. The molecule has 2 aromatic rings. The van der Waals surface area contributed by atoms with Gasteiger partial charge < -0.3 is 5.32 Å². The average Bonchev–Trinajstić information content (AvgIpc) is 2.52. The van der Waals surface area contributed by atoms with E-state index in [4.69, 9.17) is 11.6 Å². The number of nitrogens with one attached hydrogen (secondary N) is 1. The van der Waals surface area contributed by atoms with Crippen LogP contribution in [0.3, 0.4) is 0 Å². The predicted octanol–water partition coefficient (Wildman–Crippen LogP) is 3.11. The first kappa shape index (κ1) is 17.2. The zero-order valence-corrected chi connectivity index (χ0v) is 14.1. The minimum absolute atomic E-state index is 0.119. The van der Waals surface area contributed by atoms with Crippen molar-refractivity contribution in [2.24, 2.45) is 0 Å². The second-order valence-electron chi connectivity index (χ2n) is 5.32. The van der Waals surface area contributed by atoms with Gasteiger partial charge in [-0.05, 0) is 25.5 Å². The van der Waals surface area contributed by atoms with E-state index in [0.717, 1.165) is 19.3 Å². The van der Waals surface area contributed by atoms with Crippen LogP contribution in [0, 0.1) is 6.92 Å². The quantitative estimate of drug-likeness (QED) is 0.826. The summed E-state index contributed by atoms with van der Waals surface area (Å²) in [5.41, 5.74) is 0.739. The van der Waals surface area contributed by atoms with Gasteiger partial charge in [-0.1, -0.05) is 43.5 Å². The first-order valence-electron chi connectivity index (χ1n) is 7.68. The molecule has 0 unspecified atom stereocenters. The molecule has 0 aliphatic heterocycles. The Morgan fingerprint density at radius 1 is 1.30 bits per heavy atom. The minimum Gasteiger partial charge on any atom is -0.351 e. The molecule has 6 heteroatoms. The van der Waals surface area contributed by atoms with Crippen LogP contribution in [0.5, 0.6) is 0 Å². The second kappa shape index (κ2) is 7.92. The molecule has 23 heavy (non-hydrogen) atoms. The van der Waals surface area contributed by atoms with Crippen LogP contribution in [0.25, 0.3) is 5.69 Å². The van der Waals surface area contributed by atoms with Crippen molar-refractivity contribution in [3.8, 4) is 5.69 Å². The molecule has 0 atom stereocenters. The highest BCUT2D eigenvalue weighted by Crippen LogP contribution is 2.19. The maximum atomic E-state index is 12.2. The number of aromatic nitrogens is 2. The Hall–Kier alpha value is -2.14. The van der Waals surface area contributed by atoms with E-state index < -0.39 is 11.3 Å². The molecule has 1 heterocycles. The Labute approximate surface area is 140 Å². The Morgan fingerprint density at radius 3 is 2.74 bits per heavy atom. The lowest BCUT2D eigenvalue weighted by molar-refractivity contribution is 0.0945. The standard InChI is InChI=1S/C17H20ClN3O2/c1-3-4-7-10-19-17(23)16-15(22)11-12(2)21(20-16)14-9-6-5-8-13(14)18/h5-6,8-9,11H,3-4,7,10H2,1-2H3,(H,19,23). The van der Waals surface area contributed by atoms with Crippen molar-refractivity contribution in [1.29, 1.82) is 0 Å². The van der Waals surface area contributed by atoms with Gasteiger partial charge in [0.05, 0.1) is 10.7 Å². The van der Waals surface area contributed by atoms with E-state index in [1.807, 2.05) is 12.1 Å². The number of unbranched alkanes of at least 4 members (excludes halogenated alkanes) is 2. The molecule has 2 rings (SSSR count). The third-order valence-electron chi connectivity index (χ3n) is 3.47. The summed E-state index contributed by atoms with van der Waals surface area (Å²) in [5, 5.41) is 7.45. The molecule has 5 nitrogen and oxygen atoms in total. The van der Waals surface area contributed by atoms with Crippen LogP contribution in [-0.2, 0) is 0 Å². The number of hydrogen-bond donors (Lipinski definition) is 1. The van der Waals surface area contributed by atoms with Crippen LogP contribution in [0.1, 0.15) is 42.4 Å². The number of carbonyl (C=O) groups excluding carboxylic acids is 1. The van der Waals surface area contributed by atoms with E-state index in [1.165, 1.54) is 10.7 Å². The van der Waals surface area contributed by atoms with Gasteiger partial charge in [0.15, 0.2) is 5.69 Å². The Balaban J connectivity index is 2.32. The van der Waals surface area contributed by atoms with Gasteiger partial charge in [-0.15, -0.1) is 0 Å². The number of amides is 1. The van der Waals surface area contributed by atoms with Crippen LogP contribution >= 0.6 is 11.6 Å². The fourth-order valence-corrected chi connectivity index (χ4v) is 2.45. The molecule has 0 bridgehead atoms. The number of nitrogens with zero attached hydrogens (tertiary/aromatic N) is 2. The average molecular weight is 334 g/mol. The molecular weight excluding hydrogens is 314 g/mol. The number of benzene rings is 1. The first-order valence-corrected chi connectivity index (χ1v) is 8.06. The molecule has 1 amide bonds. The summed E-state index contributed by atoms with van der Waals surface area (Å²) in [6.45, 7) is 4.38. The molecule has 1 N–H and O–H groups in total. The minimum atomic E-state index is -0.452. The summed E-state index contributed by atoms with van der Waals surface area (Å²) < 4.78 is 1.52. The predicted molar refractivity (Wildman–Crippen MR) is 91.4 cm³/mol. The van der Waals surface area contributed by atoms with Crippen LogP contribution in [-0.4, -0.2) is 22.2 Å². The van der Waals surface area contributed by atoms with Gasteiger partial charge in [-0.25, -0.2) is 4.68 Å². The van der Waals surface area contributed by atoms with Crippen molar-refractivity contribution >= 4 is 17.5 Å². The molecule has 0 saturated carbocycles. The lowest BCUT2D eigenvalue weighted by Gasteiger charge is -2.12. The third kappa shape index (κ3) is 4.20. The molecular formula is C17H20ClN3O2. The highest BCUT2D eigenvalue weighted by atomic mass is 35.5. The van der Waals surface area contributed by atoms with Crippen molar-refractivity contribution in [2.75, 3.05) is 6.54 Å². The maximum Gasteiger partial charge on any atom is 0.275 e. The number of carbonyl (C=O) groups is 1. The molecule has 0 fully saturated rings. The van der Waals surface area contributed by atoms with Gasteiger partial charge >= 0.3 is 0 Å². The van der Waals surface area contributed by atoms with Gasteiger partial charge in [0.1, 0.15) is 0 Å². The van der Waals surface area contributed by atoms with Crippen LogP contribution in [0.2, 0.25) is 5.02 Å². The van der Waals surface area contributed by atoms with Crippen molar-refractivity contribution < 1.29 is 4.79 Å². The fourth-order valence-electron chi connectivity index (χ4n) is 2.23. The zero-order chi connectivity index (χ0) is 16.8.